The number of benzene rings is 1. The molecule has 0 aromatic heterocycles. The van der Waals surface area contributed by atoms with Crippen LogP contribution in [0.4, 0.5) is 0 Å². The first-order chi connectivity index (χ1) is 10.3. The summed E-state index contributed by atoms with van der Waals surface area (Å²) in [5.74, 6) is 0.0533. The zero-order chi connectivity index (χ0) is 14.9. The van der Waals surface area contributed by atoms with E-state index in [0.29, 0.717) is 19.8 Å². The number of carbonyl (C=O) groups excluding carboxylic acids is 1. The Labute approximate surface area is 126 Å². The maximum absolute atomic E-state index is 11.9. The van der Waals surface area contributed by atoms with Gasteiger partial charge in [0.1, 0.15) is 0 Å². The number of methoxy groups -OCH3 is 1. The van der Waals surface area contributed by atoms with E-state index in [9.17, 15) is 4.79 Å². The Morgan fingerprint density at radius 3 is 2.90 bits per heavy atom. The van der Waals surface area contributed by atoms with Crippen molar-refractivity contribution in [2.45, 2.75) is 31.6 Å². The quantitative estimate of drug-likeness (QED) is 0.704. The predicted octanol–water partition coefficient (Wildman–Crippen LogP) is 1.09. The molecule has 0 aliphatic carbocycles. The number of hydrogen-bond acceptors (Lipinski definition) is 4. The maximum atomic E-state index is 11.9. The highest BCUT2D eigenvalue weighted by Crippen LogP contribution is 2.09. The molecule has 116 valence electrons. The molecule has 1 fully saturated rings. The van der Waals surface area contributed by atoms with Crippen molar-refractivity contribution in [3.05, 3.63) is 35.9 Å². The van der Waals surface area contributed by atoms with Crippen LogP contribution in [0.1, 0.15) is 18.4 Å². The van der Waals surface area contributed by atoms with Crippen LogP contribution in [0, 0.1) is 0 Å². The van der Waals surface area contributed by atoms with Crippen LogP contribution in [0.2, 0.25) is 0 Å². The lowest BCUT2D eigenvalue weighted by Crippen LogP contribution is -2.40. The van der Waals surface area contributed by atoms with Crippen molar-refractivity contribution in [2.24, 2.45) is 0 Å². The highest BCUT2D eigenvalue weighted by molar-refractivity contribution is 5.82. The molecule has 5 nitrogen and oxygen atoms in total. The molecule has 0 spiro atoms. The van der Waals surface area contributed by atoms with Crippen molar-refractivity contribution in [3.8, 4) is 0 Å². The van der Waals surface area contributed by atoms with E-state index >= 15 is 0 Å². The van der Waals surface area contributed by atoms with Gasteiger partial charge >= 0.3 is 0 Å². The lowest BCUT2D eigenvalue weighted by molar-refractivity contribution is -0.123. The molecule has 2 N–H and O–H groups in total. The molecule has 1 amide bonds. The second-order valence-corrected chi connectivity index (χ2v) is 5.24. The Kier molecular flexibility index (Phi) is 6.66. The summed E-state index contributed by atoms with van der Waals surface area (Å²) in [5, 5.41) is 6.09. The number of amides is 1. The highest BCUT2D eigenvalue weighted by Gasteiger charge is 2.28. The van der Waals surface area contributed by atoms with Gasteiger partial charge in [-0.2, -0.15) is 0 Å². The van der Waals surface area contributed by atoms with Gasteiger partial charge in [-0.15, -0.1) is 0 Å². The zero-order valence-corrected chi connectivity index (χ0v) is 12.5. The van der Waals surface area contributed by atoms with Crippen LogP contribution in [0.5, 0.6) is 0 Å². The van der Waals surface area contributed by atoms with Gasteiger partial charge in [0.2, 0.25) is 5.91 Å². The van der Waals surface area contributed by atoms with Crippen molar-refractivity contribution >= 4 is 5.91 Å². The third-order valence-corrected chi connectivity index (χ3v) is 3.62. The van der Waals surface area contributed by atoms with E-state index in [4.69, 9.17) is 9.47 Å². The minimum Gasteiger partial charge on any atom is -0.380 e. The molecule has 1 heterocycles. The first kappa shape index (κ1) is 15.9. The van der Waals surface area contributed by atoms with Crippen molar-refractivity contribution < 1.29 is 14.3 Å². The molecule has 2 unspecified atom stereocenters. The molecule has 2 atom stereocenters. The largest absolute Gasteiger partial charge is 0.380 e. The molecule has 5 heteroatoms. The van der Waals surface area contributed by atoms with E-state index in [2.05, 4.69) is 10.6 Å². The fourth-order valence-corrected chi connectivity index (χ4v) is 2.36. The van der Waals surface area contributed by atoms with Gasteiger partial charge < -0.3 is 20.1 Å². The molecule has 21 heavy (non-hydrogen) atoms. The second kappa shape index (κ2) is 8.77. The number of ether oxygens (including phenoxy) is 2. The molecular weight excluding hydrogens is 268 g/mol. The van der Waals surface area contributed by atoms with Crippen LogP contribution >= 0.6 is 0 Å². The van der Waals surface area contributed by atoms with Crippen molar-refractivity contribution in [1.29, 1.82) is 0 Å². The Bertz CT molecular complexity index is 425. The molecular formula is C16H24N2O3. The SMILES string of the molecule is COC1CNC(C(=O)NCCCOCc2ccccc2)C1. The summed E-state index contributed by atoms with van der Waals surface area (Å²) in [6.07, 6.45) is 1.71. The number of nitrogens with one attached hydrogen (secondary N) is 2. The summed E-state index contributed by atoms with van der Waals surface area (Å²) in [7, 11) is 1.68. The molecule has 2 rings (SSSR count). The Balaban J connectivity index is 1.51. The van der Waals surface area contributed by atoms with Crippen molar-refractivity contribution in [2.75, 3.05) is 26.8 Å². The summed E-state index contributed by atoms with van der Waals surface area (Å²) in [5.41, 5.74) is 1.17. The van der Waals surface area contributed by atoms with Gasteiger partial charge in [-0.05, 0) is 18.4 Å². The molecule has 1 saturated heterocycles. The third-order valence-electron chi connectivity index (χ3n) is 3.62. The monoisotopic (exact) mass is 292 g/mol. The lowest BCUT2D eigenvalue weighted by atomic mass is 10.2. The summed E-state index contributed by atoms with van der Waals surface area (Å²) in [6.45, 7) is 2.65. The van der Waals surface area contributed by atoms with Crippen LogP contribution in [-0.4, -0.2) is 44.9 Å². The van der Waals surface area contributed by atoms with E-state index in [1.54, 1.807) is 7.11 Å². The molecule has 1 aliphatic rings. The van der Waals surface area contributed by atoms with Gasteiger partial charge in [0.15, 0.2) is 0 Å². The molecule has 0 bridgehead atoms. The Morgan fingerprint density at radius 2 is 2.19 bits per heavy atom. The Morgan fingerprint density at radius 1 is 1.38 bits per heavy atom. The molecule has 0 radical (unpaired) electrons. The van der Waals surface area contributed by atoms with Gasteiger partial charge in [0.05, 0.1) is 18.8 Å². The van der Waals surface area contributed by atoms with Gasteiger partial charge in [0, 0.05) is 26.8 Å². The van der Waals surface area contributed by atoms with E-state index in [-0.39, 0.29) is 18.1 Å². The first-order valence-corrected chi connectivity index (χ1v) is 7.45. The average molecular weight is 292 g/mol. The number of carbonyl (C=O) groups is 1. The minimum absolute atomic E-state index is 0.0533. The van der Waals surface area contributed by atoms with Crippen LogP contribution in [0.25, 0.3) is 0 Å². The van der Waals surface area contributed by atoms with Crippen LogP contribution in [0.15, 0.2) is 30.3 Å². The Hall–Kier alpha value is -1.43. The average Bonchev–Trinajstić information content (AvgIpc) is 3.00. The standard InChI is InChI=1S/C16H24N2O3/c1-20-14-10-15(18-11-14)16(19)17-8-5-9-21-12-13-6-3-2-4-7-13/h2-4,6-7,14-15,18H,5,8-12H2,1H3,(H,17,19). The lowest BCUT2D eigenvalue weighted by Gasteiger charge is -2.11. The van der Waals surface area contributed by atoms with E-state index < -0.39 is 0 Å². The topological polar surface area (TPSA) is 59.6 Å². The summed E-state index contributed by atoms with van der Waals surface area (Å²) < 4.78 is 10.8. The number of hydrogen-bond donors (Lipinski definition) is 2. The second-order valence-electron chi connectivity index (χ2n) is 5.24. The molecule has 1 aromatic carbocycles. The van der Waals surface area contributed by atoms with E-state index in [1.807, 2.05) is 30.3 Å². The fraction of sp³-hybridized carbons (Fsp3) is 0.562. The van der Waals surface area contributed by atoms with Crippen LogP contribution < -0.4 is 10.6 Å². The van der Waals surface area contributed by atoms with Crippen LogP contribution in [0.3, 0.4) is 0 Å². The molecule has 0 saturated carbocycles. The molecule has 1 aromatic rings. The van der Waals surface area contributed by atoms with E-state index in [0.717, 1.165) is 19.4 Å². The normalized spacial score (nSPS) is 21.4. The molecule has 1 aliphatic heterocycles. The van der Waals surface area contributed by atoms with Crippen molar-refractivity contribution in [3.63, 3.8) is 0 Å². The third kappa shape index (κ3) is 5.46. The zero-order valence-electron chi connectivity index (χ0n) is 12.5. The fourth-order valence-electron chi connectivity index (χ4n) is 2.36. The maximum Gasteiger partial charge on any atom is 0.237 e. The summed E-state index contributed by atoms with van der Waals surface area (Å²) in [6, 6.07) is 9.95. The van der Waals surface area contributed by atoms with Gasteiger partial charge in [0.25, 0.3) is 0 Å². The van der Waals surface area contributed by atoms with Gasteiger partial charge in [-0.1, -0.05) is 30.3 Å². The summed E-state index contributed by atoms with van der Waals surface area (Å²) in [4.78, 5) is 11.9. The van der Waals surface area contributed by atoms with Gasteiger partial charge in [-0.3, -0.25) is 4.79 Å². The highest BCUT2D eigenvalue weighted by atomic mass is 16.5. The summed E-state index contributed by atoms with van der Waals surface area (Å²) >= 11 is 0. The first-order valence-electron chi connectivity index (χ1n) is 7.45. The minimum atomic E-state index is -0.125. The predicted molar refractivity (Wildman–Crippen MR) is 80.9 cm³/mol. The smallest absolute Gasteiger partial charge is 0.237 e. The van der Waals surface area contributed by atoms with Gasteiger partial charge in [-0.25, -0.2) is 0 Å². The van der Waals surface area contributed by atoms with E-state index in [1.165, 1.54) is 5.56 Å². The number of rotatable bonds is 8. The van der Waals surface area contributed by atoms with Crippen molar-refractivity contribution in [1.82, 2.24) is 10.6 Å². The van der Waals surface area contributed by atoms with Crippen LogP contribution in [-0.2, 0) is 20.9 Å².